The molecule has 3 nitrogen and oxygen atoms in total. The van der Waals surface area contributed by atoms with Gasteiger partial charge < -0.3 is 0 Å². The van der Waals surface area contributed by atoms with Gasteiger partial charge >= 0.3 is 0 Å². The molecule has 0 saturated carbocycles. The fourth-order valence-electron chi connectivity index (χ4n) is 4.30. The van der Waals surface area contributed by atoms with Crippen LogP contribution in [0.1, 0.15) is 22.4 Å². The van der Waals surface area contributed by atoms with Gasteiger partial charge in [-0.05, 0) is 41.8 Å². The van der Waals surface area contributed by atoms with E-state index in [-0.39, 0.29) is 0 Å². The first-order valence-corrected chi connectivity index (χ1v) is 10.4. The summed E-state index contributed by atoms with van der Waals surface area (Å²) >= 11 is 0. The number of nitrogens with zero attached hydrogens (tertiary/aromatic N) is 3. The molecule has 0 saturated heterocycles. The quantitative estimate of drug-likeness (QED) is 0.334. The van der Waals surface area contributed by atoms with Crippen molar-refractivity contribution in [3.05, 3.63) is 144 Å². The van der Waals surface area contributed by atoms with Gasteiger partial charge in [-0.1, -0.05) is 91.0 Å². The lowest BCUT2D eigenvalue weighted by Crippen LogP contribution is -2.38. The molecule has 0 unspecified atom stereocenters. The molecule has 0 atom stereocenters. The third-order valence-electron chi connectivity index (χ3n) is 5.70. The van der Waals surface area contributed by atoms with Gasteiger partial charge in [0.1, 0.15) is 5.54 Å². The summed E-state index contributed by atoms with van der Waals surface area (Å²) in [6.45, 7) is 2.00. The van der Waals surface area contributed by atoms with Crippen LogP contribution in [-0.2, 0) is 5.54 Å². The predicted octanol–water partition coefficient (Wildman–Crippen LogP) is 6.09. The molecular formula is C28H23N3. The highest BCUT2D eigenvalue weighted by Crippen LogP contribution is 2.40. The monoisotopic (exact) mass is 401 g/mol. The Morgan fingerprint density at radius 2 is 1.16 bits per heavy atom. The fourth-order valence-corrected chi connectivity index (χ4v) is 4.30. The Bertz CT molecular complexity index is 1180. The molecule has 0 aliphatic heterocycles. The van der Waals surface area contributed by atoms with Crippen molar-refractivity contribution < 1.29 is 0 Å². The maximum absolute atomic E-state index is 5.11. The van der Waals surface area contributed by atoms with Crippen molar-refractivity contribution in [2.45, 2.75) is 12.5 Å². The van der Waals surface area contributed by atoms with Crippen LogP contribution in [0.3, 0.4) is 0 Å². The highest BCUT2D eigenvalue weighted by Gasteiger charge is 2.39. The van der Waals surface area contributed by atoms with Crippen LogP contribution in [0.25, 0.3) is 11.3 Å². The Hall–Kier alpha value is -3.98. The maximum Gasteiger partial charge on any atom is 0.138 e. The summed E-state index contributed by atoms with van der Waals surface area (Å²) in [6, 6.07) is 37.9. The van der Waals surface area contributed by atoms with Crippen molar-refractivity contribution in [1.29, 1.82) is 0 Å². The molecule has 0 N–H and O–H groups in total. The van der Waals surface area contributed by atoms with Crippen molar-refractivity contribution in [3.8, 4) is 11.3 Å². The van der Waals surface area contributed by atoms with Crippen molar-refractivity contribution in [2.75, 3.05) is 0 Å². The lowest BCUT2D eigenvalue weighted by Gasteiger charge is -2.36. The van der Waals surface area contributed by atoms with Crippen molar-refractivity contribution in [3.63, 3.8) is 0 Å². The van der Waals surface area contributed by atoms with Crippen LogP contribution in [0.4, 0.5) is 0 Å². The Morgan fingerprint density at radius 1 is 0.645 bits per heavy atom. The molecular weight excluding hydrogens is 378 g/mol. The molecule has 0 amide bonds. The fraction of sp³-hybridized carbons (Fsp3) is 0.0714. The Morgan fingerprint density at radius 3 is 1.65 bits per heavy atom. The van der Waals surface area contributed by atoms with E-state index in [1.54, 1.807) is 0 Å². The smallest absolute Gasteiger partial charge is 0.138 e. The molecule has 0 aliphatic carbocycles. The zero-order valence-corrected chi connectivity index (χ0v) is 17.4. The van der Waals surface area contributed by atoms with Gasteiger partial charge in [0.15, 0.2) is 0 Å². The Labute approximate surface area is 182 Å². The summed E-state index contributed by atoms with van der Waals surface area (Å²) in [5, 5.41) is 5.11. The van der Waals surface area contributed by atoms with Crippen LogP contribution in [0.2, 0.25) is 0 Å². The summed E-state index contributed by atoms with van der Waals surface area (Å²) in [5.41, 5.74) is 5.86. The molecule has 150 valence electrons. The molecule has 0 radical (unpaired) electrons. The molecule has 5 rings (SSSR count). The molecule has 3 aromatic carbocycles. The normalized spacial score (nSPS) is 11.4. The number of hydrogen-bond acceptors (Lipinski definition) is 2. The number of rotatable bonds is 5. The molecule has 2 heterocycles. The number of pyridine rings is 1. The minimum absolute atomic E-state index is 0.593. The molecule has 0 spiro atoms. The van der Waals surface area contributed by atoms with Gasteiger partial charge in [-0.15, -0.1) is 0 Å². The number of aromatic nitrogens is 3. The highest BCUT2D eigenvalue weighted by atomic mass is 15.3. The Kier molecular flexibility index (Phi) is 4.93. The first-order valence-electron chi connectivity index (χ1n) is 10.4. The van der Waals surface area contributed by atoms with E-state index in [1.807, 2.05) is 19.2 Å². The first kappa shape index (κ1) is 19.0. The van der Waals surface area contributed by atoms with Crippen molar-refractivity contribution in [1.82, 2.24) is 14.8 Å². The zero-order valence-electron chi connectivity index (χ0n) is 17.4. The first-order chi connectivity index (χ1) is 15.3. The van der Waals surface area contributed by atoms with Gasteiger partial charge in [0.2, 0.25) is 0 Å². The van der Waals surface area contributed by atoms with Gasteiger partial charge in [0.05, 0.1) is 5.69 Å². The molecule has 3 heteroatoms. The predicted molar refractivity (Wildman–Crippen MR) is 125 cm³/mol. The number of benzene rings is 3. The van der Waals surface area contributed by atoms with E-state index < -0.39 is 5.54 Å². The van der Waals surface area contributed by atoms with Gasteiger partial charge in [-0.2, -0.15) is 5.10 Å². The van der Waals surface area contributed by atoms with E-state index in [2.05, 4.69) is 119 Å². The molecule has 0 bridgehead atoms. The second-order valence-electron chi connectivity index (χ2n) is 7.64. The number of hydrogen-bond donors (Lipinski definition) is 0. The summed E-state index contributed by atoms with van der Waals surface area (Å²) in [7, 11) is 0. The second-order valence-corrected chi connectivity index (χ2v) is 7.64. The topological polar surface area (TPSA) is 30.7 Å². The molecule has 31 heavy (non-hydrogen) atoms. The van der Waals surface area contributed by atoms with Crippen LogP contribution in [0, 0.1) is 6.92 Å². The highest BCUT2D eigenvalue weighted by molar-refractivity contribution is 5.59. The van der Waals surface area contributed by atoms with Gasteiger partial charge in [0.25, 0.3) is 0 Å². The van der Waals surface area contributed by atoms with Crippen LogP contribution < -0.4 is 0 Å². The van der Waals surface area contributed by atoms with Crippen LogP contribution in [0.5, 0.6) is 0 Å². The largest absolute Gasteiger partial charge is 0.262 e. The standard InChI is InChI=1S/C28H23N3/c1-22-21-23(17-19-29-22)27-18-20-31(30-27)28(24-11-5-2-6-12-24,25-13-7-3-8-14-25)26-15-9-4-10-16-26/h2-21H,1H3. The molecule has 0 aliphatic rings. The van der Waals surface area contributed by atoms with Gasteiger partial charge in [-0.25, -0.2) is 0 Å². The van der Waals surface area contributed by atoms with Crippen molar-refractivity contribution >= 4 is 0 Å². The molecule has 0 fully saturated rings. The Balaban J connectivity index is 1.81. The van der Waals surface area contributed by atoms with Gasteiger partial charge in [0, 0.05) is 23.7 Å². The van der Waals surface area contributed by atoms with E-state index in [0.29, 0.717) is 0 Å². The summed E-state index contributed by atoms with van der Waals surface area (Å²) in [4.78, 5) is 4.33. The minimum Gasteiger partial charge on any atom is -0.262 e. The third kappa shape index (κ3) is 3.34. The molecule has 5 aromatic rings. The van der Waals surface area contributed by atoms with Crippen LogP contribution >= 0.6 is 0 Å². The minimum atomic E-state index is -0.593. The van der Waals surface area contributed by atoms with E-state index in [0.717, 1.165) is 33.6 Å². The summed E-state index contributed by atoms with van der Waals surface area (Å²) < 4.78 is 2.10. The number of aryl methyl sites for hydroxylation is 1. The SMILES string of the molecule is Cc1cc(-c2ccn(C(c3ccccc3)(c3ccccc3)c3ccccc3)n2)ccn1. The summed E-state index contributed by atoms with van der Waals surface area (Å²) in [6.07, 6.45) is 3.92. The van der Waals surface area contributed by atoms with E-state index in [1.165, 1.54) is 0 Å². The zero-order chi connectivity index (χ0) is 21.1. The summed E-state index contributed by atoms with van der Waals surface area (Å²) in [5.74, 6) is 0. The second kappa shape index (κ2) is 8.04. The average molecular weight is 402 g/mol. The van der Waals surface area contributed by atoms with Crippen molar-refractivity contribution in [2.24, 2.45) is 0 Å². The van der Waals surface area contributed by atoms with Gasteiger partial charge in [-0.3, -0.25) is 9.67 Å². The lowest BCUT2D eigenvalue weighted by atomic mass is 9.77. The lowest BCUT2D eigenvalue weighted by molar-refractivity contribution is 0.461. The van der Waals surface area contributed by atoms with Crippen LogP contribution in [0.15, 0.2) is 122 Å². The molecule has 2 aromatic heterocycles. The van der Waals surface area contributed by atoms with E-state index in [4.69, 9.17) is 5.10 Å². The maximum atomic E-state index is 5.11. The average Bonchev–Trinajstić information content (AvgIpc) is 3.32. The van der Waals surface area contributed by atoms with E-state index in [9.17, 15) is 0 Å². The van der Waals surface area contributed by atoms with Crippen LogP contribution in [-0.4, -0.2) is 14.8 Å². The third-order valence-corrected chi connectivity index (χ3v) is 5.70. The van der Waals surface area contributed by atoms with E-state index >= 15 is 0 Å².